The zero-order valence-corrected chi connectivity index (χ0v) is 12.1. The first-order valence-electron chi connectivity index (χ1n) is 7.02. The second kappa shape index (κ2) is 6.55. The number of hydrogen-bond acceptors (Lipinski definition) is 3. The second-order valence-corrected chi connectivity index (χ2v) is 5.19. The summed E-state index contributed by atoms with van der Waals surface area (Å²) in [4.78, 5) is 36.5. The fourth-order valence-electron chi connectivity index (χ4n) is 2.58. The van der Waals surface area contributed by atoms with Gasteiger partial charge in [0.05, 0.1) is 5.92 Å². The SMILES string of the molecule is CCCN(CC(=O)O)C(=O)C1CC(=O)Nc2cc(F)ccc21. The molecule has 0 bridgehead atoms. The van der Waals surface area contributed by atoms with Crippen molar-refractivity contribution >= 4 is 23.5 Å². The van der Waals surface area contributed by atoms with Crippen LogP contribution >= 0.6 is 0 Å². The van der Waals surface area contributed by atoms with Crippen molar-refractivity contribution in [1.29, 1.82) is 0 Å². The number of carbonyl (C=O) groups is 3. The molecule has 0 saturated heterocycles. The predicted molar refractivity (Wildman–Crippen MR) is 76.9 cm³/mol. The Hall–Kier alpha value is -2.44. The Labute approximate surface area is 126 Å². The average Bonchev–Trinajstić information content (AvgIpc) is 2.44. The number of carbonyl (C=O) groups excluding carboxylic acids is 2. The van der Waals surface area contributed by atoms with Crippen molar-refractivity contribution in [1.82, 2.24) is 4.90 Å². The smallest absolute Gasteiger partial charge is 0.323 e. The van der Waals surface area contributed by atoms with Gasteiger partial charge in [0.25, 0.3) is 0 Å². The number of carboxylic acids is 1. The number of aliphatic carboxylic acids is 1. The Morgan fingerprint density at radius 2 is 2.18 bits per heavy atom. The molecule has 1 unspecified atom stereocenters. The largest absolute Gasteiger partial charge is 0.480 e. The first-order valence-corrected chi connectivity index (χ1v) is 7.02. The van der Waals surface area contributed by atoms with Gasteiger partial charge in [0.2, 0.25) is 11.8 Å². The van der Waals surface area contributed by atoms with E-state index in [4.69, 9.17) is 5.11 Å². The number of carboxylic acid groups (broad SMARTS) is 1. The summed E-state index contributed by atoms with van der Waals surface area (Å²) in [5.41, 5.74) is 0.777. The standard InChI is InChI=1S/C15H17FN2O4/c1-2-5-18(8-14(20)21)15(22)11-7-13(19)17-12-6-9(16)3-4-10(11)12/h3-4,6,11H,2,5,7-8H2,1H3,(H,17,19)(H,20,21). The van der Waals surface area contributed by atoms with Crippen LogP contribution in [0.25, 0.3) is 0 Å². The number of nitrogens with one attached hydrogen (secondary N) is 1. The molecular formula is C15H17FN2O4. The molecule has 1 heterocycles. The van der Waals surface area contributed by atoms with Gasteiger partial charge in [0.15, 0.2) is 0 Å². The van der Waals surface area contributed by atoms with E-state index in [1.807, 2.05) is 6.92 Å². The molecule has 7 heteroatoms. The molecule has 0 spiro atoms. The maximum atomic E-state index is 13.3. The van der Waals surface area contributed by atoms with Gasteiger partial charge in [-0.15, -0.1) is 0 Å². The molecule has 6 nitrogen and oxygen atoms in total. The molecule has 1 atom stereocenters. The van der Waals surface area contributed by atoms with Crippen LogP contribution in [0.3, 0.4) is 0 Å². The van der Waals surface area contributed by atoms with Crippen molar-refractivity contribution in [3.63, 3.8) is 0 Å². The molecule has 0 aromatic heterocycles. The fraction of sp³-hybridized carbons (Fsp3) is 0.400. The van der Waals surface area contributed by atoms with Crippen LogP contribution in [-0.4, -0.2) is 40.9 Å². The van der Waals surface area contributed by atoms with Crippen LogP contribution in [0, 0.1) is 5.82 Å². The van der Waals surface area contributed by atoms with Gasteiger partial charge in [-0.05, 0) is 24.1 Å². The average molecular weight is 308 g/mol. The fourth-order valence-corrected chi connectivity index (χ4v) is 2.58. The van der Waals surface area contributed by atoms with Crippen molar-refractivity contribution in [3.05, 3.63) is 29.6 Å². The summed E-state index contributed by atoms with van der Waals surface area (Å²) in [5, 5.41) is 11.4. The van der Waals surface area contributed by atoms with Gasteiger partial charge >= 0.3 is 5.97 Å². The summed E-state index contributed by atoms with van der Waals surface area (Å²) >= 11 is 0. The second-order valence-electron chi connectivity index (χ2n) is 5.19. The lowest BCUT2D eigenvalue weighted by Gasteiger charge is -2.29. The number of nitrogens with zero attached hydrogens (tertiary/aromatic N) is 1. The zero-order chi connectivity index (χ0) is 16.3. The van der Waals surface area contributed by atoms with E-state index in [2.05, 4.69) is 5.32 Å². The highest BCUT2D eigenvalue weighted by molar-refractivity contribution is 6.01. The van der Waals surface area contributed by atoms with E-state index >= 15 is 0 Å². The quantitative estimate of drug-likeness (QED) is 0.864. The molecule has 118 valence electrons. The van der Waals surface area contributed by atoms with Crippen LogP contribution in [0.2, 0.25) is 0 Å². The van der Waals surface area contributed by atoms with E-state index in [1.54, 1.807) is 0 Å². The lowest BCUT2D eigenvalue weighted by atomic mass is 9.89. The van der Waals surface area contributed by atoms with Crippen LogP contribution in [0.5, 0.6) is 0 Å². The topological polar surface area (TPSA) is 86.7 Å². The molecule has 1 aromatic rings. The van der Waals surface area contributed by atoms with Gasteiger partial charge in [-0.25, -0.2) is 4.39 Å². The third-order valence-electron chi connectivity index (χ3n) is 3.48. The lowest BCUT2D eigenvalue weighted by Crippen LogP contribution is -2.41. The Kier molecular flexibility index (Phi) is 4.75. The summed E-state index contributed by atoms with van der Waals surface area (Å²) in [6, 6.07) is 3.84. The molecule has 0 saturated carbocycles. The summed E-state index contributed by atoms with van der Waals surface area (Å²) in [6.07, 6.45) is 0.533. The summed E-state index contributed by atoms with van der Waals surface area (Å²) in [6.45, 7) is 1.71. The monoisotopic (exact) mass is 308 g/mol. The Morgan fingerprint density at radius 3 is 2.82 bits per heavy atom. The highest BCUT2D eigenvalue weighted by atomic mass is 19.1. The maximum Gasteiger partial charge on any atom is 0.323 e. The van der Waals surface area contributed by atoms with E-state index < -0.39 is 30.2 Å². The third-order valence-corrected chi connectivity index (χ3v) is 3.48. The van der Waals surface area contributed by atoms with Gasteiger partial charge in [-0.2, -0.15) is 0 Å². The van der Waals surface area contributed by atoms with Crippen molar-refractivity contribution in [2.45, 2.75) is 25.7 Å². The number of anilines is 1. The maximum absolute atomic E-state index is 13.3. The van der Waals surface area contributed by atoms with Crippen molar-refractivity contribution in [2.75, 3.05) is 18.4 Å². The van der Waals surface area contributed by atoms with Gasteiger partial charge in [-0.3, -0.25) is 14.4 Å². The molecular weight excluding hydrogens is 291 g/mol. The predicted octanol–water partition coefficient (Wildman–Crippen LogP) is 1.57. The van der Waals surface area contributed by atoms with Crippen molar-refractivity contribution < 1.29 is 23.9 Å². The third kappa shape index (κ3) is 3.41. The number of halogens is 1. The number of hydrogen-bond donors (Lipinski definition) is 2. The molecule has 0 radical (unpaired) electrons. The van der Waals surface area contributed by atoms with Crippen LogP contribution in [0.4, 0.5) is 10.1 Å². The van der Waals surface area contributed by atoms with Crippen LogP contribution in [-0.2, 0) is 14.4 Å². The highest BCUT2D eigenvalue weighted by Crippen LogP contribution is 2.34. The molecule has 0 fully saturated rings. The first-order chi connectivity index (χ1) is 10.4. The molecule has 1 aliphatic rings. The van der Waals surface area contributed by atoms with E-state index in [-0.39, 0.29) is 18.0 Å². The van der Waals surface area contributed by atoms with Crippen molar-refractivity contribution in [2.24, 2.45) is 0 Å². The highest BCUT2D eigenvalue weighted by Gasteiger charge is 2.34. The Morgan fingerprint density at radius 1 is 1.45 bits per heavy atom. The van der Waals surface area contributed by atoms with E-state index in [9.17, 15) is 18.8 Å². The minimum atomic E-state index is -1.11. The molecule has 0 aliphatic carbocycles. The summed E-state index contributed by atoms with van der Waals surface area (Å²) < 4.78 is 13.3. The van der Waals surface area contributed by atoms with Crippen LogP contribution in [0.15, 0.2) is 18.2 Å². The molecule has 2 amide bonds. The van der Waals surface area contributed by atoms with Crippen LogP contribution in [0.1, 0.15) is 31.2 Å². The number of fused-ring (bicyclic) bond motifs is 1. The van der Waals surface area contributed by atoms with Crippen molar-refractivity contribution in [3.8, 4) is 0 Å². The molecule has 1 aromatic carbocycles. The summed E-state index contributed by atoms with van der Waals surface area (Å²) in [5.74, 6) is -3.21. The van der Waals surface area contributed by atoms with Gasteiger partial charge in [-0.1, -0.05) is 13.0 Å². The number of benzene rings is 1. The molecule has 2 N–H and O–H groups in total. The Balaban J connectivity index is 2.32. The zero-order valence-electron chi connectivity index (χ0n) is 12.1. The van der Waals surface area contributed by atoms with E-state index in [1.165, 1.54) is 17.0 Å². The van der Waals surface area contributed by atoms with E-state index in [0.29, 0.717) is 18.5 Å². The minimum absolute atomic E-state index is 0.0721. The lowest BCUT2D eigenvalue weighted by molar-refractivity contribution is -0.145. The first kappa shape index (κ1) is 15.9. The Bertz CT molecular complexity index is 618. The molecule has 2 rings (SSSR count). The number of rotatable bonds is 5. The summed E-state index contributed by atoms with van der Waals surface area (Å²) in [7, 11) is 0. The minimum Gasteiger partial charge on any atom is -0.480 e. The molecule has 22 heavy (non-hydrogen) atoms. The van der Waals surface area contributed by atoms with Gasteiger partial charge in [0.1, 0.15) is 12.4 Å². The van der Waals surface area contributed by atoms with Gasteiger partial charge < -0.3 is 15.3 Å². The van der Waals surface area contributed by atoms with Crippen LogP contribution < -0.4 is 5.32 Å². The van der Waals surface area contributed by atoms with Gasteiger partial charge in [0, 0.05) is 18.7 Å². The van der Waals surface area contributed by atoms with E-state index in [0.717, 1.165) is 6.07 Å². The number of amides is 2. The molecule has 1 aliphatic heterocycles. The normalized spacial score (nSPS) is 16.6.